The zero-order chi connectivity index (χ0) is 15.5. The summed E-state index contributed by atoms with van der Waals surface area (Å²) in [7, 11) is 0. The molecule has 4 nitrogen and oxygen atoms in total. The summed E-state index contributed by atoms with van der Waals surface area (Å²) in [5.74, 6) is -0.605. The Balaban J connectivity index is 2.52. The van der Waals surface area contributed by atoms with E-state index in [0.717, 1.165) is 5.56 Å². The van der Waals surface area contributed by atoms with E-state index in [4.69, 9.17) is 9.47 Å². The van der Waals surface area contributed by atoms with Gasteiger partial charge >= 0.3 is 11.9 Å². The number of ether oxygens (including phenoxy) is 2. The molecule has 0 spiro atoms. The van der Waals surface area contributed by atoms with Crippen molar-refractivity contribution in [2.45, 2.75) is 39.5 Å². The Labute approximate surface area is 126 Å². The van der Waals surface area contributed by atoms with Crippen LogP contribution in [0.1, 0.15) is 38.7 Å². The van der Waals surface area contributed by atoms with Gasteiger partial charge in [-0.05, 0) is 38.7 Å². The Morgan fingerprint density at radius 1 is 1.05 bits per heavy atom. The zero-order valence-electron chi connectivity index (χ0n) is 12.8. The van der Waals surface area contributed by atoms with E-state index in [2.05, 4.69) is 0 Å². The third-order valence-electron chi connectivity index (χ3n) is 3.18. The molecule has 0 heterocycles. The van der Waals surface area contributed by atoms with Crippen LogP contribution in [-0.2, 0) is 25.5 Å². The lowest BCUT2D eigenvalue weighted by Gasteiger charge is -2.15. The number of esters is 2. The van der Waals surface area contributed by atoms with Gasteiger partial charge in [-0.1, -0.05) is 30.3 Å². The Morgan fingerprint density at radius 2 is 1.71 bits per heavy atom. The summed E-state index contributed by atoms with van der Waals surface area (Å²) in [4.78, 5) is 23.4. The third kappa shape index (κ3) is 6.93. The van der Waals surface area contributed by atoms with E-state index in [1.807, 2.05) is 30.3 Å². The van der Waals surface area contributed by atoms with E-state index >= 15 is 0 Å². The van der Waals surface area contributed by atoms with Gasteiger partial charge in [-0.15, -0.1) is 0 Å². The van der Waals surface area contributed by atoms with Crippen molar-refractivity contribution in [3.8, 4) is 0 Å². The molecule has 21 heavy (non-hydrogen) atoms. The minimum absolute atomic E-state index is 0.190. The van der Waals surface area contributed by atoms with Crippen LogP contribution in [0.5, 0.6) is 0 Å². The van der Waals surface area contributed by atoms with Crippen molar-refractivity contribution in [3.05, 3.63) is 35.9 Å². The second kappa shape index (κ2) is 9.97. The molecule has 0 bridgehead atoms. The summed E-state index contributed by atoms with van der Waals surface area (Å²) in [6, 6.07) is 9.85. The number of hydrogen-bond donors (Lipinski definition) is 0. The highest BCUT2D eigenvalue weighted by molar-refractivity contribution is 5.73. The first kappa shape index (κ1) is 17.2. The van der Waals surface area contributed by atoms with Crippen molar-refractivity contribution in [2.24, 2.45) is 5.92 Å². The van der Waals surface area contributed by atoms with Gasteiger partial charge < -0.3 is 9.47 Å². The minimum Gasteiger partial charge on any atom is -0.466 e. The van der Waals surface area contributed by atoms with Gasteiger partial charge in [-0.2, -0.15) is 0 Å². The average Bonchev–Trinajstić information content (AvgIpc) is 2.48. The van der Waals surface area contributed by atoms with Gasteiger partial charge in [0, 0.05) is 6.42 Å². The largest absolute Gasteiger partial charge is 0.466 e. The molecule has 4 heteroatoms. The monoisotopic (exact) mass is 292 g/mol. The number of rotatable bonds is 9. The topological polar surface area (TPSA) is 52.6 Å². The van der Waals surface area contributed by atoms with Crippen LogP contribution in [0.25, 0.3) is 0 Å². The van der Waals surface area contributed by atoms with E-state index in [1.54, 1.807) is 13.8 Å². The number of carbonyl (C=O) groups is 2. The maximum atomic E-state index is 12.0. The summed E-state index contributed by atoms with van der Waals surface area (Å²) in [6.07, 6.45) is 2.25. The quantitative estimate of drug-likeness (QED) is 0.656. The molecule has 0 N–H and O–H groups in total. The van der Waals surface area contributed by atoms with Crippen molar-refractivity contribution in [1.82, 2.24) is 0 Å². The number of hydrogen-bond acceptors (Lipinski definition) is 4. The van der Waals surface area contributed by atoms with Crippen LogP contribution in [0.3, 0.4) is 0 Å². The van der Waals surface area contributed by atoms with E-state index < -0.39 is 0 Å². The van der Waals surface area contributed by atoms with E-state index in [1.165, 1.54) is 0 Å². The molecule has 0 fully saturated rings. The Kier molecular flexibility index (Phi) is 8.17. The predicted octanol–water partition coefficient (Wildman–Crippen LogP) is 3.14. The molecule has 0 aliphatic carbocycles. The SMILES string of the molecule is CCOC(=O)CCCC(Cc1ccccc1)C(=O)OCC. The Morgan fingerprint density at radius 3 is 2.33 bits per heavy atom. The highest BCUT2D eigenvalue weighted by Crippen LogP contribution is 2.17. The summed E-state index contributed by atoms with van der Waals surface area (Å²) in [5.41, 5.74) is 1.10. The highest BCUT2D eigenvalue weighted by Gasteiger charge is 2.20. The predicted molar refractivity (Wildman–Crippen MR) is 80.8 cm³/mol. The van der Waals surface area contributed by atoms with Crippen molar-refractivity contribution in [1.29, 1.82) is 0 Å². The van der Waals surface area contributed by atoms with Gasteiger partial charge in [0.25, 0.3) is 0 Å². The third-order valence-corrected chi connectivity index (χ3v) is 3.18. The lowest BCUT2D eigenvalue weighted by molar-refractivity contribution is -0.149. The van der Waals surface area contributed by atoms with Crippen LogP contribution in [0.4, 0.5) is 0 Å². The van der Waals surface area contributed by atoms with Gasteiger partial charge in [-0.3, -0.25) is 9.59 Å². The highest BCUT2D eigenvalue weighted by atomic mass is 16.5. The lowest BCUT2D eigenvalue weighted by Crippen LogP contribution is -2.20. The first-order valence-electron chi connectivity index (χ1n) is 7.53. The molecule has 0 aliphatic rings. The zero-order valence-corrected chi connectivity index (χ0v) is 12.8. The molecule has 1 rings (SSSR count). The Bertz CT molecular complexity index is 428. The fourth-order valence-electron chi connectivity index (χ4n) is 2.19. The van der Waals surface area contributed by atoms with E-state index in [9.17, 15) is 9.59 Å². The molecule has 1 unspecified atom stereocenters. The van der Waals surface area contributed by atoms with Crippen LogP contribution in [-0.4, -0.2) is 25.2 Å². The number of carbonyl (C=O) groups excluding carboxylic acids is 2. The van der Waals surface area contributed by atoms with Gasteiger partial charge in [0.05, 0.1) is 19.1 Å². The van der Waals surface area contributed by atoms with Crippen LogP contribution in [0.15, 0.2) is 30.3 Å². The first-order chi connectivity index (χ1) is 10.2. The minimum atomic E-state index is -0.209. The van der Waals surface area contributed by atoms with E-state index in [-0.39, 0.29) is 17.9 Å². The normalized spacial score (nSPS) is 11.7. The van der Waals surface area contributed by atoms with Gasteiger partial charge in [0.2, 0.25) is 0 Å². The molecule has 0 saturated heterocycles. The van der Waals surface area contributed by atoms with Gasteiger partial charge in [0.1, 0.15) is 0 Å². The second-order valence-corrected chi connectivity index (χ2v) is 4.84. The van der Waals surface area contributed by atoms with Crippen molar-refractivity contribution < 1.29 is 19.1 Å². The lowest BCUT2D eigenvalue weighted by atomic mass is 9.94. The Hall–Kier alpha value is -1.84. The summed E-state index contributed by atoms with van der Waals surface area (Å²) in [5, 5.41) is 0. The molecule has 0 radical (unpaired) electrons. The van der Waals surface area contributed by atoms with Crippen LogP contribution < -0.4 is 0 Å². The standard InChI is InChI=1S/C17H24O4/c1-3-20-16(18)12-8-11-15(17(19)21-4-2)13-14-9-6-5-7-10-14/h5-7,9-10,15H,3-4,8,11-13H2,1-2H3. The van der Waals surface area contributed by atoms with E-state index in [0.29, 0.717) is 38.9 Å². The fourth-order valence-corrected chi connectivity index (χ4v) is 2.19. The summed E-state index contributed by atoms with van der Waals surface area (Å²) >= 11 is 0. The van der Waals surface area contributed by atoms with Gasteiger partial charge in [0.15, 0.2) is 0 Å². The molecular weight excluding hydrogens is 268 g/mol. The van der Waals surface area contributed by atoms with Crippen LogP contribution in [0.2, 0.25) is 0 Å². The van der Waals surface area contributed by atoms with Crippen molar-refractivity contribution in [2.75, 3.05) is 13.2 Å². The van der Waals surface area contributed by atoms with Crippen molar-refractivity contribution in [3.63, 3.8) is 0 Å². The summed E-state index contributed by atoms with van der Waals surface area (Å²) in [6.45, 7) is 4.36. The molecule has 0 aromatic heterocycles. The molecule has 1 aromatic rings. The van der Waals surface area contributed by atoms with Gasteiger partial charge in [-0.25, -0.2) is 0 Å². The maximum absolute atomic E-state index is 12.0. The molecule has 1 atom stereocenters. The fraction of sp³-hybridized carbons (Fsp3) is 0.529. The molecular formula is C17H24O4. The summed E-state index contributed by atoms with van der Waals surface area (Å²) < 4.78 is 10.0. The first-order valence-corrected chi connectivity index (χ1v) is 7.53. The molecule has 116 valence electrons. The molecule has 0 aliphatic heterocycles. The molecule has 0 saturated carbocycles. The molecule has 1 aromatic carbocycles. The smallest absolute Gasteiger partial charge is 0.309 e. The second-order valence-electron chi connectivity index (χ2n) is 4.84. The average molecular weight is 292 g/mol. The van der Waals surface area contributed by atoms with Crippen molar-refractivity contribution >= 4 is 11.9 Å². The number of benzene rings is 1. The van der Waals surface area contributed by atoms with Crippen LogP contribution >= 0.6 is 0 Å². The maximum Gasteiger partial charge on any atom is 0.309 e. The van der Waals surface area contributed by atoms with Crippen LogP contribution in [0, 0.1) is 5.92 Å². The molecule has 0 amide bonds.